The van der Waals surface area contributed by atoms with Crippen molar-refractivity contribution < 1.29 is 28.6 Å². The van der Waals surface area contributed by atoms with Crippen LogP contribution in [0.2, 0.25) is 0 Å². The Bertz CT molecular complexity index is 1370. The molecule has 1 atom stereocenters. The molecule has 0 bridgehead atoms. The van der Waals surface area contributed by atoms with E-state index in [2.05, 4.69) is 106 Å². The first-order valence-corrected chi connectivity index (χ1v) is 30.1. The minimum absolute atomic E-state index is 0.0834. The Morgan fingerprint density at radius 2 is 0.549 bits per heavy atom. The summed E-state index contributed by atoms with van der Waals surface area (Å²) in [5.74, 6) is -0.903. The lowest BCUT2D eigenvalue weighted by Crippen LogP contribution is -2.30. The predicted molar refractivity (Wildman–Crippen MR) is 307 cm³/mol. The molecule has 0 aliphatic heterocycles. The Labute approximate surface area is 439 Å². The summed E-state index contributed by atoms with van der Waals surface area (Å²) in [6, 6.07) is 0. The number of unbranched alkanes of at least 4 members (excludes halogenated alkanes) is 29. The largest absolute Gasteiger partial charge is 0.462 e. The molecule has 0 aliphatic carbocycles. The fourth-order valence-electron chi connectivity index (χ4n) is 8.38. The minimum Gasteiger partial charge on any atom is -0.462 e. The first-order chi connectivity index (χ1) is 35.0. The van der Waals surface area contributed by atoms with E-state index in [4.69, 9.17) is 14.2 Å². The van der Waals surface area contributed by atoms with Gasteiger partial charge in [0.25, 0.3) is 0 Å². The van der Waals surface area contributed by atoms with E-state index in [9.17, 15) is 14.4 Å². The lowest BCUT2D eigenvalue weighted by molar-refractivity contribution is -0.167. The normalized spacial score (nSPS) is 12.7. The van der Waals surface area contributed by atoms with Crippen LogP contribution in [0.15, 0.2) is 85.1 Å². The molecule has 71 heavy (non-hydrogen) atoms. The molecule has 0 N–H and O–H groups in total. The number of carbonyl (C=O) groups excluding carboxylic acids is 3. The van der Waals surface area contributed by atoms with E-state index >= 15 is 0 Å². The number of ether oxygens (including phenoxy) is 3. The molecule has 0 aromatic heterocycles. The Kier molecular flexibility index (Phi) is 56.3. The Morgan fingerprint density at radius 1 is 0.296 bits per heavy atom. The van der Waals surface area contributed by atoms with Gasteiger partial charge in [0.05, 0.1) is 0 Å². The molecule has 0 radical (unpaired) electrons. The van der Waals surface area contributed by atoms with Gasteiger partial charge in [-0.05, 0) is 96.3 Å². The zero-order valence-electron chi connectivity index (χ0n) is 46.7. The quantitative estimate of drug-likeness (QED) is 0.0261. The van der Waals surface area contributed by atoms with E-state index in [0.29, 0.717) is 19.3 Å². The van der Waals surface area contributed by atoms with E-state index < -0.39 is 6.10 Å². The van der Waals surface area contributed by atoms with Crippen LogP contribution in [0.4, 0.5) is 0 Å². The highest BCUT2D eigenvalue weighted by molar-refractivity contribution is 5.71. The second-order valence-corrected chi connectivity index (χ2v) is 19.9. The van der Waals surface area contributed by atoms with Crippen molar-refractivity contribution in [2.45, 2.75) is 297 Å². The summed E-state index contributed by atoms with van der Waals surface area (Å²) in [6.07, 6.45) is 77.2. The van der Waals surface area contributed by atoms with Crippen LogP contribution >= 0.6 is 0 Å². The van der Waals surface area contributed by atoms with Crippen molar-refractivity contribution in [1.82, 2.24) is 0 Å². The molecule has 0 amide bonds. The molecule has 0 saturated heterocycles. The molecule has 0 aliphatic rings. The van der Waals surface area contributed by atoms with Gasteiger partial charge in [-0.3, -0.25) is 14.4 Å². The van der Waals surface area contributed by atoms with Crippen LogP contribution in [-0.4, -0.2) is 37.2 Å². The minimum atomic E-state index is -0.787. The fourth-order valence-corrected chi connectivity index (χ4v) is 8.38. The molecule has 0 aromatic rings. The molecule has 0 rings (SSSR count). The summed E-state index contributed by atoms with van der Waals surface area (Å²) < 4.78 is 16.9. The second kappa shape index (κ2) is 59.2. The van der Waals surface area contributed by atoms with Crippen molar-refractivity contribution in [3.8, 4) is 0 Å². The maximum Gasteiger partial charge on any atom is 0.306 e. The molecule has 1 unspecified atom stereocenters. The molecular formula is C65H112O6. The lowest BCUT2D eigenvalue weighted by Gasteiger charge is -2.18. The Morgan fingerprint density at radius 3 is 0.873 bits per heavy atom. The summed E-state index contributed by atoms with van der Waals surface area (Å²) in [5.41, 5.74) is 0. The second-order valence-electron chi connectivity index (χ2n) is 19.9. The van der Waals surface area contributed by atoms with Gasteiger partial charge in [-0.25, -0.2) is 0 Å². The van der Waals surface area contributed by atoms with Crippen molar-refractivity contribution in [3.05, 3.63) is 85.1 Å². The lowest BCUT2D eigenvalue weighted by atomic mass is 10.1. The number of allylic oxidation sites excluding steroid dienone is 14. The van der Waals surface area contributed by atoms with Gasteiger partial charge in [-0.1, -0.05) is 260 Å². The van der Waals surface area contributed by atoms with Crippen LogP contribution in [0.25, 0.3) is 0 Å². The average molecular weight is 990 g/mol. The van der Waals surface area contributed by atoms with Gasteiger partial charge in [0.2, 0.25) is 0 Å². The highest BCUT2D eigenvalue weighted by Gasteiger charge is 2.19. The zero-order valence-corrected chi connectivity index (χ0v) is 46.7. The first-order valence-electron chi connectivity index (χ1n) is 30.1. The third kappa shape index (κ3) is 57.4. The maximum atomic E-state index is 12.9. The van der Waals surface area contributed by atoms with Gasteiger partial charge in [0.15, 0.2) is 6.10 Å². The summed E-state index contributed by atoms with van der Waals surface area (Å²) >= 11 is 0. The van der Waals surface area contributed by atoms with Crippen LogP contribution in [-0.2, 0) is 28.6 Å². The third-order valence-electron chi connectivity index (χ3n) is 12.9. The Balaban J connectivity index is 4.37. The van der Waals surface area contributed by atoms with Crippen LogP contribution in [0.5, 0.6) is 0 Å². The summed E-state index contributed by atoms with van der Waals surface area (Å²) in [7, 11) is 0. The summed E-state index contributed by atoms with van der Waals surface area (Å²) in [6.45, 7) is 6.51. The standard InChI is InChI=1S/C65H112O6/c1-4-7-10-13-16-19-22-24-26-28-30-31-32-33-35-36-38-40-43-46-49-52-55-58-64(67)70-61-62(60-69-63(66)57-54-51-48-45-42-21-18-15-12-9-6-3)71-65(68)59-56-53-50-47-44-41-39-37-34-29-27-25-23-20-17-14-11-8-5-2/h7,10,16,19,24-27,30-31,33,35,38,40,62H,4-6,8-9,11-15,17-18,20-23,28-29,32,34,36-37,39,41-61H2,1-3H3/b10-7-,19-16-,26-24-,27-25-,31-30-,35-33-,40-38-. The topological polar surface area (TPSA) is 78.9 Å². The number of esters is 3. The third-order valence-corrected chi connectivity index (χ3v) is 12.9. The van der Waals surface area contributed by atoms with Gasteiger partial charge in [0, 0.05) is 19.3 Å². The van der Waals surface area contributed by atoms with Gasteiger partial charge < -0.3 is 14.2 Å². The van der Waals surface area contributed by atoms with Crippen LogP contribution < -0.4 is 0 Å². The monoisotopic (exact) mass is 989 g/mol. The summed E-state index contributed by atoms with van der Waals surface area (Å²) in [4.78, 5) is 38.2. The van der Waals surface area contributed by atoms with E-state index in [1.807, 2.05) is 0 Å². The number of hydrogen-bond acceptors (Lipinski definition) is 6. The van der Waals surface area contributed by atoms with Crippen molar-refractivity contribution in [2.24, 2.45) is 0 Å². The average Bonchev–Trinajstić information content (AvgIpc) is 3.37. The van der Waals surface area contributed by atoms with Gasteiger partial charge in [-0.15, -0.1) is 0 Å². The molecular weight excluding hydrogens is 877 g/mol. The van der Waals surface area contributed by atoms with Crippen LogP contribution in [0.3, 0.4) is 0 Å². The zero-order chi connectivity index (χ0) is 51.4. The molecule has 0 aromatic carbocycles. The Hall–Kier alpha value is -3.41. The molecule has 6 nitrogen and oxygen atoms in total. The van der Waals surface area contributed by atoms with Crippen molar-refractivity contribution in [3.63, 3.8) is 0 Å². The number of hydrogen-bond donors (Lipinski definition) is 0. The van der Waals surface area contributed by atoms with E-state index in [-0.39, 0.29) is 31.1 Å². The van der Waals surface area contributed by atoms with Crippen molar-refractivity contribution in [1.29, 1.82) is 0 Å². The van der Waals surface area contributed by atoms with Gasteiger partial charge >= 0.3 is 17.9 Å². The number of carbonyl (C=O) groups is 3. The van der Waals surface area contributed by atoms with Crippen molar-refractivity contribution >= 4 is 17.9 Å². The first kappa shape index (κ1) is 67.6. The van der Waals surface area contributed by atoms with E-state index in [0.717, 1.165) is 109 Å². The molecule has 0 spiro atoms. The maximum absolute atomic E-state index is 12.9. The molecule has 408 valence electrons. The SMILES string of the molecule is CC/C=C\C/C=C\C/C=C\C/C=C\C/C=C\C/C=C\CCCCCCC(=O)OCC(COC(=O)CCCCCCCCCCCCC)OC(=O)CCCCCCCCCCC/C=C\CCCCCCCC. The highest BCUT2D eigenvalue weighted by atomic mass is 16.6. The van der Waals surface area contributed by atoms with Gasteiger partial charge in [-0.2, -0.15) is 0 Å². The van der Waals surface area contributed by atoms with E-state index in [1.54, 1.807) is 0 Å². The van der Waals surface area contributed by atoms with Crippen LogP contribution in [0, 0.1) is 0 Å². The smallest absolute Gasteiger partial charge is 0.306 e. The van der Waals surface area contributed by atoms with Crippen LogP contribution in [0.1, 0.15) is 290 Å². The molecule has 0 fully saturated rings. The molecule has 6 heteroatoms. The molecule has 0 saturated carbocycles. The highest BCUT2D eigenvalue weighted by Crippen LogP contribution is 2.16. The van der Waals surface area contributed by atoms with Crippen molar-refractivity contribution in [2.75, 3.05) is 13.2 Å². The molecule has 0 heterocycles. The predicted octanol–water partition coefficient (Wildman–Crippen LogP) is 20.3. The fraction of sp³-hybridized carbons (Fsp3) is 0.738. The summed E-state index contributed by atoms with van der Waals surface area (Å²) in [5, 5.41) is 0. The number of rotatable bonds is 54. The van der Waals surface area contributed by atoms with Gasteiger partial charge in [0.1, 0.15) is 13.2 Å². The van der Waals surface area contributed by atoms with E-state index in [1.165, 1.54) is 141 Å².